The Morgan fingerprint density at radius 3 is 2.62 bits per heavy atom. The Hall–Kier alpha value is -1.29. The second-order valence-corrected chi connectivity index (χ2v) is 4.35. The van der Waals surface area contributed by atoms with Crippen LogP contribution in [0.2, 0.25) is 0 Å². The van der Waals surface area contributed by atoms with Gasteiger partial charge >= 0.3 is 5.97 Å². The molecule has 0 aliphatic rings. The Bertz CT molecular complexity index is 368. The maximum absolute atomic E-state index is 11.6. The molecule has 0 unspecified atom stereocenters. The fourth-order valence-electron chi connectivity index (χ4n) is 1.50. The summed E-state index contributed by atoms with van der Waals surface area (Å²) in [6.45, 7) is 5.49. The van der Waals surface area contributed by atoms with Gasteiger partial charge in [-0.3, -0.25) is 4.79 Å². The van der Waals surface area contributed by atoms with Gasteiger partial charge in [-0.15, -0.1) is 0 Å². The van der Waals surface area contributed by atoms with Crippen LogP contribution in [0.25, 0.3) is 0 Å². The molecule has 1 aromatic rings. The van der Waals surface area contributed by atoms with Gasteiger partial charge in [0.25, 0.3) is 0 Å². The Labute approximate surface area is 95.8 Å². The lowest BCUT2D eigenvalue weighted by Crippen LogP contribution is -2.37. The van der Waals surface area contributed by atoms with Gasteiger partial charge in [-0.25, -0.2) is 0 Å². The number of hydrogen-bond acceptors (Lipinski definition) is 4. The molecule has 0 radical (unpaired) electrons. The molecule has 1 aromatic heterocycles. The maximum atomic E-state index is 11.6. The summed E-state index contributed by atoms with van der Waals surface area (Å²) in [7, 11) is 1.36. The predicted molar refractivity (Wildman–Crippen MR) is 60.8 cm³/mol. The minimum atomic E-state index is -0.794. The summed E-state index contributed by atoms with van der Waals surface area (Å²) in [5.74, 6) is 1.15. The van der Waals surface area contributed by atoms with Crippen LogP contribution in [0.15, 0.2) is 16.5 Å². The van der Waals surface area contributed by atoms with E-state index in [0.29, 0.717) is 5.76 Å². The van der Waals surface area contributed by atoms with E-state index >= 15 is 0 Å². The van der Waals surface area contributed by atoms with Crippen LogP contribution in [0.3, 0.4) is 0 Å². The quantitative estimate of drug-likeness (QED) is 0.796. The number of rotatable bonds is 4. The van der Waals surface area contributed by atoms with E-state index in [1.165, 1.54) is 7.11 Å². The van der Waals surface area contributed by atoms with E-state index in [-0.39, 0.29) is 5.97 Å². The van der Waals surface area contributed by atoms with Gasteiger partial charge in [-0.05, 0) is 26.0 Å². The lowest BCUT2D eigenvalue weighted by atomic mass is 9.83. The second kappa shape index (κ2) is 4.70. The van der Waals surface area contributed by atoms with Gasteiger partial charge in [0, 0.05) is 6.42 Å². The Kier molecular flexibility index (Phi) is 3.75. The molecule has 16 heavy (non-hydrogen) atoms. The number of esters is 1. The van der Waals surface area contributed by atoms with E-state index in [4.69, 9.17) is 14.9 Å². The van der Waals surface area contributed by atoms with Gasteiger partial charge < -0.3 is 14.9 Å². The predicted octanol–water partition coefficient (Wildman–Crippen LogP) is 2.04. The van der Waals surface area contributed by atoms with Crippen molar-refractivity contribution >= 4 is 5.97 Å². The van der Waals surface area contributed by atoms with Gasteiger partial charge in [-0.2, -0.15) is 0 Å². The number of carbonyl (C=O) groups is 1. The zero-order valence-electron chi connectivity index (χ0n) is 10.2. The molecular formula is C12H19NO3. The molecule has 2 N–H and O–H groups in total. The molecule has 1 atom stereocenters. The first-order valence-electron chi connectivity index (χ1n) is 5.36. The molecular weight excluding hydrogens is 206 g/mol. The van der Waals surface area contributed by atoms with Crippen LogP contribution in [0, 0.1) is 5.41 Å². The number of aryl methyl sites for hydroxylation is 1. The number of nitrogens with two attached hydrogens (primary N) is 1. The first kappa shape index (κ1) is 12.8. The Balaban J connectivity index is 2.92. The standard InChI is InChI=1S/C12H19NO3/c1-5-8-6-7-9(16-8)10(13)12(2,3)11(14)15-4/h6-7,10H,5,13H2,1-4H3/t10-/m0/s1. The Morgan fingerprint density at radius 2 is 2.19 bits per heavy atom. The molecule has 0 aromatic carbocycles. The van der Waals surface area contributed by atoms with E-state index in [0.717, 1.165) is 12.2 Å². The van der Waals surface area contributed by atoms with Crippen LogP contribution in [0.1, 0.15) is 38.3 Å². The molecule has 1 rings (SSSR count). The lowest BCUT2D eigenvalue weighted by Gasteiger charge is -2.26. The van der Waals surface area contributed by atoms with E-state index in [9.17, 15) is 4.79 Å². The third-order valence-electron chi connectivity index (χ3n) is 2.83. The molecule has 0 spiro atoms. The number of hydrogen-bond donors (Lipinski definition) is 1. The van der Waals surface area contributed by atoms with Gasteiger partial charge in [0.2, 0.25) is 0 Å². The summed E-state index contributed by atoms with van der Waals surface area (Å²) in [4.78, 5) is 11.6. The number of furan rings is 1. The van der Waals surface area contributed by atoms with Crippen molar-refractivity contribution in [1.82, 2.24) is 0 Å². The molecule has 0 amide bonds. The molecule has 4 heteroatoms. The third kappa shape index (κ3) is 2.27. The molecule has 90 valence electrons. The average molecular weight is 225 g/mol. The molecule has 0 aliphatic heterocycles. The minimum Gasteiger partial charge on any atom is -0.469 e. The monoisotopic (exact) mass is 225 g/mol. The van der Waals surface area contributed by atoms with Gasteiger partial charge in [0.1, 0.15) is 11.5 Å². The Morgan fingerprint density at radius 1 is 1.56 bits per heavy atom. The highest BCUT2D eigenvalue weighted by Crippen LogP contribution is 2.33. The molecule has 1 heterocycles. The van der Waals surface area contributed by atoms with Gasteiger partial charge in [-0.1, -0.05) is 6.92 Å². The summed E-state index contributed by atoms with van der Waals surface area (Å²) in [6, 6.07) is 3.19. The van der Waals surface area contributed by atoms with Crippen molar-refractivity contribution in [1.29, 1.82) is 0 Å². The first-order chi connectivity index (χ1) is 7.43. The SMILES string of the molecule is CCc1ccc([C@H](N)C(C)(C)C(=O)OC)o1. The molecule has 0 saturated carbocycles. The van der Waals surface area contributed by atoms with Crippen molar-refractivity contribution in [2.24, 2.45) is 11.1 Å². The number of methoxy groups -OCH3 is 1. The topological polar surface area (TPSA) is 65.5 Å². The zero-order valence-corrected chi connectivity index (χ0v) is 10.2. The largest absolute Gasteiger partial charge is 0.469 e. The third-order valence-corrected chi connectivity index (χ3v) is 2.83. The highest BCUT2D eigenvalue weighted by molar-refractivity contribution is 5.76. The summed E-state index contributed by atoms with van der Waals surface area (Å²) < 4.78 is 10.3. The maximum Gasteiger partial charge on any atom is 0.313 e. The van der Waals surface area contributed by atoms with Crippen LogP contribution in [0.5, 0.6) is 0 Å². The van der Waals surface area contributed by atoms with Crippen molar-refractivity contribution in [2.75, 3.05) is 7.11 Å². The van der Waals surface area contributed by atoms with Crippen LogP contribution in [-0.2, 0) is 16.0 Å². The van der Waals surface area contributed by atoms with Crippen molar-refractivity contribution in [3.05, 3.63) is 23.7 Å². The lowest BCUT2D eigenvalue weighted by molar-refractivity contribution is -0.152. The highest BCUT2D eigenvalue weighted by Gasteiger charge is 2.38. The fourth-order valence-corrected chi connectivity index (χ4v) is 1.50. The van der Waals surface area contributed by atoms with E-state index in [1.54, 1.807) is 13.8 Å². The summed E-state index contributed by atoms with van der Waals surface area (Å²) in [5.41, 5.74) is 5.23. The van der Waals surface area contributed by atoms with Gasteiger partial charge in [0.05, 0.1) is 18.6 Å². The fraction of sp³-hybridized carbons (Fsp3) is 0.583. The molecule has 0 saturated heterocycles. The van der Waals surface area contributed by atoms with Crippen molar-refractivity contribution < 1.29 is 13.9 Å². The molecule has 0 bridgehead atoms. The van der Waals surface area contributed by atoms with E-state index in [2.05, 4.69) is 0 Å². The first-order valence-corrected chi connectivity index (χ1v) is 5.36. The van der Waals surface area contributed by atoms with Crippen molar-refractivity contribution in [3.8, 4) is 0 Å². The average Bonchev–Trinajstić information content (AvgIpc) is 2.75. The summed E-state index contributed by atoms with van der Waals surface area (Å²) in [5, 5.41) is 0. The smallest absolute Gasteiger partial charge is 0.313 e. The van der Waals surface area contributed by atoms with Crippen LogP contribution in [-0.4, -0.2) is 13.1 Å². The van der Waals surface area contributed by atoms with Crippen molar-refractivity contribution in [3.63, 3.8) is 0 Å². The normalized spacial score (nSPS) is 13.6. The molecule has 4 nitrogen and oxygen atoms in total. The van der Waals surface area contributed by atoms with Crippen molar-refractivity contribution in [2.45, 2.75) is 33.2 Å². The second-order valence-electron chi connectivity index (χ2n) is 4.35. The molecule has 0 aliphatic carbocycles. The minimum absolute atomic E-state index is 0.338. The summed E-state index contributed by atoms with van der Waals surface area (Å²) >= 11 is 0. The van der Waals surface area contributed by atoms with Crippen LogP contribution >= 0.6 is 0 Å². The zero-order chi connectivity index (χ0) is 12.3. The molecule has 0 fully saturated rings. The number of ether oxygens (including phenoxy) is 1. The van der Waals surface area contributed by atoms with Crippen LogP contribution in [0.4, 0.5) is 0 Å². The van der Waals surface area contributed by atoms with Gasteiger partial charge in [0.15, 0.2) is 0 Å². The highest BCUT2D eigenvalue weighted by atomic mass is 16.5. The van der Waals surface area contributed by atoms with E-state index in [1.807, 2.05) is 19.1 Å². The van der Waals surface area contributed by atoms with Crippen LogP contribution < -0.4 is 5.73 Å². The van der Waals surface area contributed by atoms with E-state index < -0.39 is 11.5 Å². The summed E-state index contributed by atoms with van der Waals surface area (Å²) in [6.07, 6.45) is 0.811. The number of carbonyl (C=O) groups excluding carboxylic acids is 1.